The number of hydrogen-bond donors (Lipinski definition) is 1. The average molecular weight is 412 g/mol. The Morgan fingerprint density at radius 1 is 1.14 bits per heavy atom. The van der Waals surface area contributed by atoms with Crippen LogP contribution in [0, 0.1) is 0 Å². The molecule has 3 aromatic rings. The van der Waals surface area contributed by atoms with Gasteiger partial charge in [-0.15, -0.1) is 11.8 Å². The highest BCUT2D eigenvalue weighted by atomic mass is 35.5. The lowest BCUT2D eigenvalue weighted by molar-refractivity contribution is 0.0955. The van der Waals surface area contributed by atoms with E-state index in [0.29, 0.717) is 12.2 Å². The molecular formula is C21H18ClN3O2S. The second-order valence-electron chi connectivity index (χ2n) is 5.66. The summed E-state index contributed by atoms with van der Waals surface area (Å²) in [6.07, 6.45) is 4.70. The van der Waals surface area contributed by atoms with E-state index in [1.54, 1.807) is 42.5 Å². The number of nitrogens with zero attached hydrogens (tertiary/aromatic N) is 2. The number of hydrazone groups is 1. The number of ether oxygens (including phenoxy) is 1. The molecule has 0 radical (unpaired) electrons. The number of halogens is 1. The molecule has 1 N–H and O–H groups in total. The average Bonchev–Trinajstić information content (AvgIpc) is 2.73. The molecule has 0 aliphatic rings. The highest BCUT2D eigenvalue weighted by molar-refractivity contribution is 7.99. The zero-order chi connectivity index (χ0) is 19.6. The van der Waals surface area contributed by atoms with Crippen molar-refractivity contribution in [1.29, 1.82) is 0 Å². The van der Waals surface area contributed by atoms with E-state index in [1.807, 2.05) is 48.5 Å². The molecule has 0 bridgehead atoms. The summed E-state index contributed by atoms with van der Waals surface area (Å²) in [5.74, 6) is 1.29. The van der Waals surface area contributed by atoms with Crippen molar-refractivity contribution in [3.8, 4) is 5.75 Å². The fourth-order valence-corrected chi connectivity index (χ4v) is 3.12. The predicted octanol–water partition coefficient (Wildman–Crippen LogP) is 4.67. The van der Waals surface area contributed by atoms with Gasteiger partial charge < -0.3 is 4.74 Å². The number of carbonyl (C=O) groups excluding carboxylic acids is 1. The molecule has 3 rings (SSSR count). The zero-order valence-corrected chi connectivity index (χ0v) is 16.5. The molecule has 0 fully saturated rings. The highest BCUT2D eigenvalue weighted by Crippen LogP contribution is 2.20. The van der Waals surface area contributed by atoms with E-state index in [1.165, 1.54) is 0 Å². The fourth-order valence-electron chi connectivity index (χ4n) is 2.27. The fraction of sp³-hybridized carbons (Fsp3) is 0.0952. The van der Waals surface area contributed by atoms with Crippen molar-refractivity contribution in [3.05, 3.63) is 89.2 Å². The molecule has 1 aromatic heterocycles. The van der Waals surface area contributed by atoms with E-state index in [2.05, 4.69) is 15.5 Å². The molecule has 0 saturated carbocycles. The van der Waals surface area contributed by atoms with Crippen molar-refractivity contribution >= 4 is 35.5 Å². The summed E-state index contributed by atoms with van der Waals surface area (Å²) >= 11 is 7.59. The van der Waals surface area contributed by atoms with Crippen LogP contribution >= 0.6 is 23.4 Å². The van der Waals surface area contributed by atoms with Gasteiger partial charge in [0.15, 0.2) is 0 Å². The Hall–Kier alpha value is -2.83. The van der Waals surface area contributed by atoms with Crippen LogP contribution in [0.4, 0.5) is 0 Å². The topological polar surface area (TPSA) is 63.6 Å². The first kappa shape index (κ1) is 19.9. The number of carbonyl (C=O) groups is 1. The number of pyridine rings is 1. The number of hydrogen-bond acceptors (Lipinski definition) is 5. The van der Waals surface area contributed by atoms with E-state index in [0.717, 1.165) is 27.0 Å². The number of amides is 1. The first-order chi connectivity index (χ1) is 13.7. The summed E-state index contributed by atoms with van der Waals surface area (Å²) in [5, 5.41) is 4.72. The Morgan fingerprint density at radius 3 is 2.71 bits per heavy atom. The summed E-state index contributed by atoms with van der Waals surface area (Å²) in [6.45, 7) is 0.576. The summed E-state index contributed by atoms with van der Waals surface area (Å²) in [7, 11) is 0. The molecule has 2 aromatic carbocycles. The van der Waals surface area contributed by atoms with Crippen molar-refractivity contribution in [2.24, 2.45) is 5.10 Å². The first-order valence-electron chi connectivity index (χ1n) is 8.55. The lowest BCUT2D eigenvalue weighted by Gasteiger charge is -2.07. The standard InChI is InChI=1S/C21H18ClN3O2S/c22-18-4-6-20(7-5-18)28-13-12-27-19-3-1-2-16(14-19)15-24-25-21(26)17-8-10-23-11-9-17/h1-11,14-15H,12-13H2,(H,25,26). The van der Waals surface area contributed by atoms with Crippen LogP contribution in [0.1, 0.15) is 15.9 Å². The van der Waals surface area contributed by atoms with E-state index in [9.17, 15) is 4.79 Å². The molecule has 5 nitrogen and oxygen atoms in total. The van der Waals surface area contributed by atoms with Crippen LogP contribution in [0.15, 0.2) is 83.1 Å². The number of rotatable bonds is 8. The minimum atomic E-state index is -0.287. The number of aromatic nitrogens is 1. The van der Waals surface area contributed by atoms with Crippen molar-refractivity contribution < 1.29 is 9.53 Å². The van der Waals surface area contributed by atoms with E-state index in [4.69, 9.17) is 16.3 Å². The molecule has 1 amide bonds. The normalized spacial score (nSPS) is 10.8. The number of benzene rings is 2. The summed E-state index contributed by atoms with van der Waals surface area (Å²) in [4.78, 5) is 17.0. The second-order valence-corrected chi connectivity index (χ2v) is 7.26. The molecule has 142 valence electrons. The Balaban J connectivity index is 1.45. The third-order valence-electron chi connectivity index (χ3n) is 3.61. The van der Waals surface area contributed by atoms with Crippen LogP contribution in [-0.4, -0.2) is 29.5 Å². The van der Waals surface area contributed by atoms with Gasteiger partial charge in [-0.2, -0.15) is 5.10 Å². The third kappa shape index (κ3) is 6.40. The molecule has 0 unspecified atom stereocenters. The molecule has 28 heavy (non-hydrogen) atoms. The van der Waals surface area contributed by atoms with Gasteiger partial charge >= 0.3 is 0 Å². The van der Waals surface area contributed by atoms with Gasteiger partial charge in [0.1, 0.15) is 5.75 Å². The van der Waals surface area contributed by atoms with Crippen molar-refractivity contribution in [2.45, 2.75) is 4.90 Å². The Bertz CT molecular complexity index is 934. The van der Waals surface area contributed by atoms with Gasteiger partial charge in [0.2, 0.25) is 0 Å². The zero-order valence-electron chi connectivity index (χ0n) is 14.9. The van der Waals surface area contributed by atoms with Crippen LogP contribution in [0.2, 0.25) is 5.02 Å². The highest BCUT2D eigenvalue weighted by Gasteiger charge is 2.02. The molecule has 1 heterocycles. The first-order valence-corrected chi connectivity index (χ1v) is 9.92. The van der Waals surface area contributed by atoms with Crippen molar-refractivity contribution in [1.82, 2.24) is 10.4 Å². The second kappa shape index (κ2) is 10.5. The minimum absolute atomic E-state index is 0.287. The van der Waals surface area contributed by atoms with Gasteiger partial charge in [0.05, 0.1) is 12.8 Å². The van der Waals surface area contributed by atoms with Crippen LogP contribution in [-0.2, 0) is 0 Å². The lowest BCUT2D eigenvalue weighted by Crippen LogP contribution is -2.17. The molecular weight excluding hydrogens is 394 g/mol. The van der Waals surface area contributed by atoms with Gasteiger partial charge in [0, 0.05) is 33.6 Å². The summed E-state index contributed by atoms with van der Waals surface area (Å²) in [6, 6.07) is 18.5. The number of nitrogens with one attached hydrogen (secondary N) is 1. The van der Waals surface area contributed by atoms with E-state index < -0.39 is 0 Å². The predicted molar refractivity (Wildman–Crippen MR) is 113 cm³/mol. The molecule has 0 aliphatic carbocycles. The van der Waals surface area contributed by atoms with Gasteiger partial charge in [-0.25, -0.2) is 5.43 Å². The maximum Gasteiger partial charge on any atom is 0.271 e. The Morgan fingerprint density at radius 2 is 1.93 bits per heavy atom. The van der Waals surface area contributed by atoms with Crippen LogP contribution in [0.25, 0.3) is 0 Å². The van der Waals surface area contributed by atoms with Crippen LogP contribution in [0.5, 0.6) is 5.75 Å². The van der Waals surface area contributed by atoms with Gasteiger partial charge in [-0.05, 0) is 54.1 Å². The van der Waals surface area contributed by atoms with Crippen LogP contribution in [0.3, 0.4) is 0 Å². The minimum Gasteiger partial charge on any atom is -0.493 e. The lowest BCUT2D eigenvalue weighted by atomic mass is 10.2. The quantitative estimate of drug-likeness (QED) is 0.253. The van der Waals surface area contributed by atoms with Crippen LogP contribution < -0.4 is 10.2 Å². The SMILES string of the molecule is O=C(NN=Cc1cccc(OCCSc2ccc(Cl)cc2)c1)c1ccncc1. The maximum atomic E-state index is 11.9. The van der Waals surface area contributed by atoms with Crippen molar-refractivity contribution in [2.75, 3.05) is 12.4 Å². The van der Waals surface area contributed by atoms with E-state index >= 15 is 0 Å². The summed E-state index contributed by atoms with van der Waals surface area (Å²) < 4.78 is 5.79. The maximum absolute atomic E-state index is 11.9. The Kier molecular flexibility index (Phi) is 7.46. The van der Waals surface area contributed by atoms with Gasteiger partial charge in [0.25, 0.3) is 5.91 Å². The Labute approximate surface area is 172 Å². The third-order valence-corrected chi connectivity index (χ3v) is 4.84. The molecule has 0 spiro atoms. The number of thioether (sulfide) groups is 1. The largest absolute Gasteiger partial charge is 0.493 e. The smallest absolute Gasteiger partial charge is 0.271 e. The van der Waals surface area contributed by atoms with Crippen molar-refractivity contribution in [3.63, 3.8) is 0 Å². The van der Waals surface area contributed by atoms with Gasteiger partial charge in [-0.3, -0.25) is 9.78 Å². The molecule has 7 heteroatoms. The molecule has 0 atom stereocenters. The summed E-state index contributed by atoms with van der Waals surface area (Å²) in [5.41, 5.74) is 3.82. The molecule has 0 saturated heterocycles. The monoisotopic (exact) mass is 411 g/mol. The van der Waals surface area contributed by atoms with Gasteiger partial charge in [-0.1, -0.05) is 23.7 Å². The molecule has 0 aliphatic heterocycles. The van der Waals surface area contributed by atoms with E-state index in [-0.39, 0.29) is 5.91 Å².